The monoisotopic (exact) mass is 550 g/mol. The molecule has 3 rings (SSSR count). The molecule has 9 heteroatoms. The van der Waals surface area contributed by atoms with E-state index in [4.69, 9.17) is 0 Å². The molecule has 0 atom stereocenters. The molecule has 1 heterocycles. The van der Waals surface area contributed by atoms with Gasteiger partial charge in [-0.25, -0.2) is 0 Å². The number of halogens is 2. The van der Waals surface area contributed by atoms with Crippen LogP contribution in [-0.4, -0.2) is 31.5 Å². The van der Waals surface area contributed by atoms with Gasteiger partial charge in [-0.1, -0.05) is 49.7 Å². The molecule has 0 spiro atoms. The van der Waals surface area contributed by atoms with Gasteiger partial charge >= 0.3 is 0 Å². The summed E-state index contributed by atoms with van der Waals surface area (Å²) in [5, 5.41) is 22.2. The molecule has 0 aliphatic rings. The van der Waals surface area contributed by atoms with E-state index in [1.54, 1.807) is 24.3 Å². The van der Waals surface area contributed by atoms with Gasteiger partial charge in [0.05, 0.1) is 11.3 Å². The number of nitrogens with zero attached hydrogens (tertiary/aromatic N) is 3. The lowest BCUT2D eigenvalue weighted by atomic mass is 10.1. The van der Waals surface area contributed by atoms with Crippen LogP contribution in [0.25, 0.3) is 11.4 Å². The van der Waals surface area contributed by atoms with E-state index in [0.29, 0.717) is 23.1 Å². The van der Waals surface area contributed by atoms with E-state index >= 15 is 0 Å². The molecule has 1 aromatic heterocycles. The van der Waals surface area contributed by atoms with Crippen molar-refractivity contribution < 1.29 is 9.90 Å². The van der Waals surface area contributed by atoms with Crippen LogP contribution in [-0.2, 0) is 11.3 Å². The van der Waals surface area contributed by atoms with E-state index in [1.165, 1.54) is 11.8 Å². The molecule has 0 saturated heterocycles. The molecule has 0 fully saturated rings. The Bertz CT molecular complexity index is 1090. The second-order valence-electron chi connectivity index (χ2n) is 6.62. The van der Waals surface area contributed by atoms with Gasteiger partial charge in [-0.2, -0.15) is 0 Å². The zero-order valence-corrected chi connectivity index (χ0v) is 20.4. The molecule has 0 bridgehead atoms. The number of anilines is 1. The van der Waals surface area contributed by atoms with E-state index in [1.807, 2.05) is 30.5 Å². The number of phenolic OH excluding ortho intramolecular Hbond substituents is 1. The number of thioether (sulfide) groups is 1. The number of rotatable bonds is 7. The van der Waals surface area contributed by atoms with E-state index in [9.17, 15) is 9.90 Å². The van der Waals surface area contributed by atoms with Crippen LogP contribution in [0.15, 0.2) is 57.1 Å². The summed E-state index contributed by atoms with van der Waals surface area (Å²) in [5.41, 5.74) is 3.34. The Morgan fingerprint density at radius 1 is 1.20 bits per heavy atom. The lowest BCUT2D eigenvalue weighted by molar-refractivity contribution is -0.113. The summed E-state index contributed by atoms with van der Waals surface area (Å²) >= 11 is 8.16. The van der Waals surface area contributed by atoms with Crippen LogP contribution in [0.5, 0.6) is 5.75 Å². The van der Waals surface area contributed by atoms with Gasteiger partial charge in [-0.15, -0.1) is 16.8 Å². The summed E-state index contributed by atoms with van der Waals surface area (Å²) in [4.78, 5) is 12.6. The molecule has 0 aliphatic heterocycles. The van der Waals surface area contributed by atoms with E-state index in [0.717, 1.165) is 25.8 Å². The van der Waals surface area contributed by atoms with Crippen molar-refractivity contribution in [2.45, 2.75) is 25.5 Å². The van der Waals surface area contributed by atoms with Gasteiger partial charge in [-0.05, 0) is 55.3 Å². The minimum atomic E-state index is -0.131. The van der Waals surface area contributed by atoms with Crippen LogP contribution >= 0.6 is 43.6 Å². The molecular weight excluding hydrogens is 532 g/mol. The summed E-state index contributed by atoms with van der Waals surface area (Å²) in [5.74, 6) is 0.658. The van der Waals surface area contributed by atoms with Gasteiger partial charge < -0.3 is 10.4 Å². The average Bonchev–Trinajstić information content (AvgIpc) is 3.07. The fourth-order valence-corrected chi connectivity index (χ4v) is 4.78. The molecular formula is C21H20Br2N4O2S. The number of aromatic hydroxyl groups is 1. The zero-order chi connectivity index (χ0) is 21.8. The van der Waals surface area contributed by atoms with Crippen molar-refractivity contribution in [3.63, 3.8) is 0 Å². The van der Waals surface area contributed by atoms with Crippen LogP contribution in [0, 0.1) is 13.8 Å². The Kier molecular flexibility index (Phi) is 7.38. The third-order valence-corrected chi connectivity index (χ3v) is 6.24. The number of phenols is 1. The van der Waals surface area contributed by atoms with Crippen molar-refractivity contribution in [2.75, 3.05) is 11.1 Å². The zero-order valence-electron chi connectivity index (χ0n) is 16.4. The topological polar surface area (TPSA) is 80.0 Å². The number of benzene rings is 2. The highest BCUT2D eigenvalue weighted by Gasteiger charge is 2.18. The average molecular weight is 552 g/mol. The van der Waals surface area contributed by atoms with Crippen LogP contribution in [0.4, 0.5) is 5.69 Å². The highest BCUT2D eigenvalue weighted by atomic mass is 79.9. The fraction of sp³-hybridized carbons (Fsp3) is 0.190. The lowest BCUT2D eigenvalue weighted by Crippen LogP contribution is -2.16. The second-order valence-corrected chi connectivity index (χ2v) is 9.39. The number of amides is 1. The summed E-state index contributed by atoms with van der Waals surface area (Å²) < 4.78 is 3.62. The van der Waals surface area contributed by atoms with E-state index in [2.05, 4.69) is 54.0 Å². The number of carbonyl (C=O) groups is 1. The SMILES string of the molecule is C=CCn1c(SCC(=O)Nc2c(C)cc(Br)cc2C)nnc1-c1cc(Br)ccc1O. The molecule has 156 valence electrons. The number of hydrogen-bond acceptors (Lipinski definition) is 5. The van der Waals surface area contributed by atoms with Gasteiger partial charge in [-0.3, -0.25) is 9.36 Å². The first kappa shape index (κ1) is 22.6. The molecule has 2 N–H and O–H groups in total. The predicted molar refractivity (Wildman–Crippen MR) is 128 cm³/mol. The second kappa shape index (κ2) is 9.80. The molecule has 0 radical (unpaired) electrons. The maximum absolute atomic E-state index is 12.6. The molecule has 0 aliphatic carbocycles. The number of allylic oxidation sites excluding steroid dienone is 1. The smallest absolute Gasteiger partial charge is 0.234 e. The van der Waals surface area contributed by atoms with Crippen LogP contribution in [0.2, 0.25) is 0 Å². The predicted octanol–water partition coefficient (Wildman–Crippen LogP) is 5.71. The number of nitrogens with one attached hydrogen (secondary N) is 1. The van der Waals surface area contributed by atoms with Gasteiger partial charge in [0.2, 0.25) is 5.91 Å². The Labute approximate surface area is 196 Å². The van der Waals surface area contributed by atoms with Crippen molar-refractivity contribution in [1.29, 1.82) is 0 Å². The van der Waals surface area contributed by atoms with Crippen LogP contribution in [0.1, 0.15) is 11.1 Å². The van der Waals surface area contributed by atoms with Gasteiger partial charge in [0.15, 0.2) is 11.0 Å². The molecule has 0 saturated carbocycles. The maximum Gasteiger partial charge on any atom is 0.234 e. The van der Waals surface area contributed by atoms with Gasteiger partial charge in [0, 0.05) is 21.2 Å². The highest BCUT2D eigenvalue weighted by Crippen LogP contribution is 2.33. The first-order valence-electron chi connectivity index (χ1n) is 9.02. The summed E-state index contributed by atoms with van der Waals surface area (Å²) in [6.45, 7) is 8.15. The maximum atomic E-state index is 12.6. The van der Waals surface area contributed by atoms with Gasteiger partial charge in [0.1, 0.15) is 5.75 Å². The number of aryl methyl sites for hydroxylation is 2. The third kappa shape index (κ3) is 5.14. The minimum Gasteiger partial charge on any atom is -0.507 e. The standard InChI is InChI=1S/C21H20Br2N4O2S/c1-4-7-27-20(16-10-14(22)5-6-17(16)28)25-26-21(27)30-11-18(29)24-19-12(2)8-15(23)9-13(19)3/h4-6,8-10,28H,1,7,11H2,2-3H3,(H,24,29). The highest BCUT2D eigenvalue weighted by molar-refractivity contribution is 9.10. The van der Waals surface area contributed by atoms with Crippen molar-refractivity contribution in [3.8, 4) is 17.1 Å². The minimum absolute atomic E-state index is 0.103. The Morgan fingerprint density at radius 3 is 2.57 bits per heavy atom. The Morgan fingerprint density at radius 2 is 1.90 bits per heavy atom. The van der Waals surface area contributed by atoms with E-state index < -0.39 is 0 Å². The summed E-state index contributed by atoms with van der Waals surface area (Å²) in [7, 11) is 0. The molecule has 2 aromatic carbocycles. The van der Waals surface area contributed by atoms with Crippen molar-refractivity contribution >= 4 is 55.2 Å². The van der Waals surface area contributed by atoms with Crippen molar-refractivity contribution in [3.05, 3.63) is 63.1 Å². The number of carbonyl (C=O) groups excluding carboxylic acids is 1. The van der Waals surface area contributed by atoms with Gasteiger partial charge in [0.25, 0.3) is 0 Å². The number of hydrogen-bond donors (Lipinski definition) is 2. The molecule has 0 unspecified atom stereocenters. The third-order valence-electron chi connectivity index (χ3n) is 4.32. The van der Waals surface area contributed by atoms with Crippen LogP contribution < -0.4 is 5.32 Å². The largest absolute Gasteiger partial charge is 0.507 e. The molecule has 30 heavy (non-hydrogen) atoms. The Hall–Kier alpha value is -2.10. The number of aromatic nitrogens is 3. The van der Waals surface area contributed by atoms with E-state index in [-0.39, 0.29) is 17.4 Å². The van der Waals surface area contributed by atoms with Crippen molar-refractivity contribution in [1.82, 2.24) is 14.8 Å². The first-order valence-corrected chi connectivity index (χ1v) is 11.6. The molecule has 6 nitrogen and oxygen atoms in total. The quantitative estimate of drug-likeness (QED) is 0.290. The normalized spacial score (nSPS) is 10.8. The van der Waals surface area contributed by atoms with Crippen molar-refractivity contribution in [2.24, 2.45) is 0 Å². The molecule has 1 amide bonds. The van der Waals surface area contributed by atoms with Crippen LogP contribution in [0.3, 0.4) is 0 Å². The molecule has 3 aromatic rings. The first-order chi connectivity index (χ1) is 14.3. The summed E-state index contributed by atoms with van der Waals surface area (Å²) in [6, 6.07) is 9.05. The Balaban J connectivity index is 1.79. The lowest BCUT2D eigenvalue weighted by Gasteiger charge is -2.12. The summed E-state index contributed by atoms with van der Waals surface area (Å²) in [6.07, 6.45) is 1.72. The fourth-order valence-electron chi connectivity index (χ4n) is 2.99.